The van der Waals surface area contributed by atoms with Gasteiger partial charge in [0.2, 0.25) is 0 Å². The molecule has 2 unspecified atom stereocenters. The zero-order valence-corrected chi connectivity index (χ0v) is 10.7. The molecule has 1 N–H and O–H groups in total. The highest BCUT2D eigenvalue weighted by molar-refractivity contribution is 5.73. The minimum atomic E-state index is -0.835. The molecule has 0 amide bonds. The van der Waals surface area contributed by atoms with E-state index in [-0.39, 0.29) is 6.10 Å². The maximum Gasteiger partial charge on any atom is 0.310 e. The van der Waals surface area contributed by atoms with Crippen LogP contribution in [-0.4, -0.2) is 37.0 Å². The minimum Gasteiger partial charge on any atom is -0.486 e. The molecule has 19 heavy (non-hydrogen) atoms. The molecule has 1 saturated carbocycles. The Morgan fingerprint density at radius 3 is 3.00 bits per heavy atom. The summed E-state index contributed by atoms with van der Waals surface area (Å²) in [7, 11) is 0. The maximum atomic E-state index is 11.0. The molecule has 0 radical (unpaired) electrons. The summed E-state index contributed by atoms with van der Waals surface area (Å²) in [4.78, 5) is 11.0. The van der Waals surface area contributed by atoms with Gasteiger partial charge < -0.3 is 19.3 Å². The van der Waals surface area contributed by atoms with Crippen LogP contribution in [0.5, 0.6) is 0 Å². The normalized spacial score (nSPS) is 29.5. The molecule has 0 bridgehead atoms. The molecule has 104 valence electrons. The lowest BCUT2D eigenvalue weighted by Crippen LogP contribution is -2.32. The van der Waals surface area contributed by atoms with Crippen LogP contribution >= 0.6 is 0 Å². The summed E-state index contributed by atoms with van der Waals surface area (Å²) < 4.78 is 17.0. The fourth-order valence-corrected chi connectivity index (χ4v) is 2.22. The fourth-order valence-electron chi connectivity index (χ4n) is 2.22. The van der Waals surface area contributed by atoms with Gasteiger partial charge in [0.05, 0.1) is 12.5 Å². The smallest absolute Gasteiger partial charge is 0.310 e. The Morgan fingerprint density at radius 1 is 1.42 bits per heavy atom. The van der Waals surface area contributed by atoms with Crippen LogP contribution in [-0.2, 0) is 19.0 Å². The largest absolute Gasteiger partial charge is 0.486 e. The first-order valence-corrected chi connectivity index (χ1v) is 6.73. The summed E-state index contributed by atoms with van der Waals surface area (Å²) in [5.74, 6) is 0.678. The van der Waals surface area contributed by atoms with E-state index in [2.05, 4.69) is 0 Å². The van der Waals surface area contributed by atoms with Crippen molar-refractivity contribution in [3.8, 4) is 0 Å². The van der Waals surface area contributed by atoms with E-state index in [0.29, 0.717) is 31.2 Å². The zero-order valence-electron chi connectivity index (χ0n) is 10.7. The van der Waals surface area contributed by atoms with Crippen LogP contribution in [0.2, 0.25) is 0 Å². The van der Waals surface area contributed by atoms with Crippen LogP contribution < -0.4 is 0 Å². The van der Waals surface area contributed by atoms with Crippen molar-refractivity contribution in [1.29, 1.82) is 0 Å². The van der Waals surface area contributed by atoms with E-state index in [4.69, 9.17) is 19.3 Å². The quantitative estimate of drug-likeness (QED) is 0.820. The third-order valence-electron chi connectivity index (χ3n) is 3.57. The highest BCUT2D eigenvalue weighted by Gasteiger charge is 2.30. The van der Waals surface area contributed by atoms with Crippen molar-refractivity contribution < 1.29 is 24.1 Å². The van der Waals surface area contributed by atoms with Crippen molar-refractivity contribution >= 4 is 5.97 Å². The molecule has 0 aromatic carbocycles. The summed E-state index contributed by atoms with van der Waals surface area (Å²) in [5, 5.41) is 9.01. The Kier molecular flexibility index (Phi) is 3.46. The third-order valence-corrected chi connectivity index (χ3v) is 3.57. The summed E-state index contributed by atoms with van der Waals surface area (Å²) in [6.07, 6.45) is 6.11. The van der Waals surface area contributed by atoms with Crippen molar-refractivity contribution in [3.05, 3.63) is 23.7 Å². The van der Waals surface area contributed by atoms with Crippen LogP contribution in [0.15, 0.2) is 23.7 Å². The highest BCUT2D eigenvalue weighted by atomic mass is 16.6. The second-order valence-electron chi connectivity index (χ2n) is 5.33. The molecule has 1 heterocycles. The predicted octanol–water partition coefficient (Wildman–Crippen LogP) is 1.70. The second-order valence-corrected chi connectivity index (χ2v) is 5.33. The molecule has 1 aliphatic heterocycles. The lowest BCUT2D eigenvalue weighted by atomic mass is 9.98. The molecule has 5 nitrogen and oxygen atoms in total. The molecule has 0 spiro atoms. The van der Waals surface area contributed by atoms with Gasteiger partial charge in [-0.3, -0.25) is 4.79 Å². The van der Waals surface area contributed by atoms with E-state index in [0.717, 1.165) is 12.5 Å². The topological polar surface area (TPSA) is 65.0 Å². The Labute approximate surface area is 111 Å². The van der Waals surface area contributed by atoms with E-state index < -0.39 is 11.9 Å². The first-order valence-electron chi connectivity index (χ1n) is 6.73. The molecule has 0 aromatic heterocycles. The predicted molar refractivity (Wildman–Crippen MR) is 66.3 cm³/mol. The highest BCUT2D eigenvalue weighted by Crippen LogP contribution is 2.31. The van der Waals surface area contributed by atoms with Gasteiger partial charge in [-0.25, -0.2) is 0 Å². The van der Waals surface area contributed by atoms with E-state index in [9.17, 15) is 4.79 Å². The first kappa shape index (κ1) is 12.5. The number of carboxylic acids is 1. The number of carbonyl (C=O) groups is 1. The Hall–Kier alpha value is -1.49. The van der Waals surface area contributed by atoms with E-state index in [1.165, 1.54) is 12.8 Å². The van der Waals surface area contributed by atoms with Crippen LogP contribution in [0.25, 0.3) is 0 Å². The van der Waals surface area contributed by atoms with E-state index in [1.54, 1.807) is 12.2 Å². The fraction of sp³-hybridized carbons (Fsp3) is 0.643. The van der Waals surface area contributed by atoms with Crippen molar-refractivity contribution in [1.82, 2.24) is 0 Å². The Bertz CT molecular complexity index is 422. The Balaban J connectivity index is 1.52. The monoisotopic (exact) mass is 266 g/mol. The van der Waals surface area contributed by atoms with Gasteiger partial charge >= 0.3 is 5.97 Å². The van der Waals surface area contributed by atoms with Crippen LogP contribution in [0.4, 0.5) is 0 Å². The molecule has 3 rings (SSSR count). The molecular weight excluding hydrogens is 248 g/mol. The molecule has 0 aromatic rings. The average Bonchev–Trinajstić information content (AvgIpc) is 3.22. The van der Waals surface area contributed by atoms with Gasteiger partial charge in [0.15, 0.2) is 11.9 Å². The molecule has 0 saturated heterocycles. The van der Waals surface area contributed by atoms with Gasteiger partial charge in [-0.2, -0.15) is 0 Å². The summed E-state index contributed by atoms with van der Waals surface area (Å²) in [5.41, 5.74) is 0. The van der Waals surface area contributed by atoms with Crippen LogP contribution in [0, 0.1) is 11.8 Å². The molecule has 3 aliphatic rings. The lowest BCUT2D eigenvalue weighted by molar-refractivity contribution is -0.140. The lowest BCUT2D eigenvalue weighted by Gasteiger charge is -2.30. The number of hydrogen-bond acceptors (Lipinski definition) is 4. The number of aliphatic carboxylic acids is 1. The molecule has 1 fully saturated rings. The van der Waals surface area contributed by atoms with Crippen molar-refractivity contribution in [2.45, 2.75) is 25.4 Å². The van der Waals surface area contributed by atoms with Crippen LogP contribution in [0.3, 0.4) is 0 Å². The molecular formula is C14H18O5. The maximum absolute atomic E-state index is 11.0. The summed E-state index contributed by atoms with van der Waals surface area (Å²) in [6.45, 7) is 1.77. The van der Waals surface area contributed by atoms with Crippen molar-refractivity contribution in [3.63, 3.8) is 0 Å². The van der Waals surface area contributed by atoms with Crippen molar-refractivity contribution in [2.75, 3.05) is 19.8 Å². The van der Waals surface area contributed by atoms with Gasteiger partial charge in [0, 0.05) is 13.0 Å². The average molecular weight is 266 g/mol. The van der Waals surface area contributed by atoms with Gasteiger partial charge in [-0.05, 0) is 24.8 Å². The molecule has 5 heteroatoms. The number of ether oxygens (including phenoxy) is 3. The number of carboxylic acid groups (broad SMARTS) is 1. The van der Waals surface area contributed by atoms with Gasteiger partial charge in [-0.1, -0.05) is 6.08 Å². The summed E-state index contributed by atoms with van der Waals surface area (Å²) >= 11 is 0. The van der Waals surface area contributed by atoms with Gasteiger partial charge in [0.1, 0.15) is 12.4 Å². The zero-order chi connectivity index (χ0) is 13.2. The molecule has 2 aliphatic carbocycles. The second kappa shape index (κ2) is 5.25. The molecule has 2 atom stereocenters. The van der Waals surface area contributed by atoms with Crippen LogP contribution in [0.1, 0.15) is 19.3 Å². The number of rotatable bonds is 5. The number of hydrogen-bond donors (Lipinski definition) is 1. The van der Waals surface area contributed by atoms with Gasteiger partial charge in [-0.15, -0.1) is 0 Å². The SMILES string of the molecule is O=C(O)C1C=CC2=C(C1)OC(COCC1CC1)CO2. The van der Waals surface area contributed by atoms with E-state index in [1.807, 2.05) is 0 Å². The Morgan fingerprint density at radius 2 is 2.26 bits per heavy atom. The van der Waals surface area contributed by atoms with E-state index >= 15 is 0 Å². The minimum absolute atomic E-state index is 0.126. The van der Waals surface area contributed by atoms with Crippen molar-refractivity contribution in [2.24, 2.45) is 11.8 Å². The standard InChI is InChI=1S/C14H18O5/c15-14(16)10-3-4-12-13(5-10)19-11(8-18-12)7-17-6-9-1-2-9/h3-4,9-11H,1-2,5-8H2,(H,15,16). The number of allylic oxidation sites excluding steroid dienone is 2. The van der Waals surface area contributed by atoms with Gasteiger partial charge in [0.25, 0.3) is 0 Å². The third kappa shape index (κ3) is 3.10. The summed E-state index contributed by atoms with van der Waals surface area (Å²) in [6, 6.07) is 0. The first-order chi connectivity index (χ1) is 9.22.